The highest BCUT2D eigenvalue weighted by Gasteiger charge is 2.20. The van der Waals surface area contributed by atoms with Crippen LogP contribution < -0.4 is 13.7 Å². The number of rotatable bonds is 8. The molecule has 0 N–H and O–H groups in total. The van der Waals surface area contributed by atoms with Gasteiger partial charge in [0.15, 0.2) is 11.5 Å². The molecule has 7 nitrogen and oxygen atoms in total. The Kier molecular flexibility index (Phi) is 6.90. The van der Waals surface area contributed by atoms with Crippen LogP contribution in [0.3, 0.4) is 0 Å². The normalized spacial score (nSPS) is 11.2. The van der Waals surface area contributed by atoms with E-state index in [9.17, 15) is 13.2 Å². The van der Waals surface area contributed by atoms with Crippen molar-refractivity contribution in [2.24, 2.45) is 0 Å². The minimum Gasteiger partial charge on any atom is -0.497 e. The standard InChI is InChI=1S/C20H25NO6S/c1-14(2)21(20(22)16-7-9-17(25-3)10-8-16)13-15-6-11-18(26-4)19(12-15)27-28(5,23)24/h6-12,14H,13H2,1-5H3. The number of ether oxygens (including phenoxy) is 2. The highest BCUT2D eigenvalue weighted by atomic mass is 32.2. The second-order valence-electron chi connectivity index (χ2n) is 6.53. The average Bonchev–Trinajstić information content (AvgIpc) is 2.64. The first kappa shape index (κ1) is 21.6. The Morgan fingerprint density at radius 2 is 1.64 bits per heavy atom. The van der Waals surface area contributed by atoms with E-state index in [0.717, 1.165) is 11.8 Å². The molecule has 0 saturated carbocycles. The van der Waals surface area contributed by atoms with Gasteiger partial charge in [0, 0.05) is 18.2 Å². The van der Waals surface area contributed by atoms with Crippen molar-refractivity contribution < 1.29 is 26.9 Å². The monoisotopic (exact) mass is 407 g/mol. The molecule has 28 heavy (non-hydrogen) atoms. The Morgan fingerprint density at radius 3 is 2.14 bits per heavy atom. The molecule has 0 unspecified atom stereocenters. The largest absolute Gasteiger partial charge is 0.497 e. The van der Waals surface area contributed by atoms with Crippen LogP contribution in [0.2, 0.25) is 0 Å². The second-order valence-corrected chi connectivity index (χ2v) is 8.10. The Balaban J connectivity index is 2.30. The third-order valence-corrected chi connectivity index (χ3v) is 4.53. The van der Waals surface area contributed by atoms with Gasteiger partial charge in [-0.25, -0.2) is 0 Å². The summed E-state index contributed by atoms with van der Waals surface area (Å²) in [5, 5.41) is 0. The zero-order valence-corrected chi connectivity index (χ0v) is 17.4. The molecule has 0 aliphatic carbocycles. The Bertz CT molecular complexity index is 922. The van der Waals surface area contributed by atoms with Gasteiger partial charge in [0.05, 0.1) is 20.5 Å². The Hall–Kier alpha value is -2.74. The summed E-state index contributed by atoms with van der Waals surface area (Å²) in [6, 6.07) is 11.8. The predicted octanol–water partition coefficient (Wildman–Crippen LogP) is 3.09. The van der Waals surface area contributed by atoms with E-state index in [-0.39, 0.29) is 24.2 Å². The molecule has 0 heterocycles. The van der Waals surface area contributed by atoms with E-state index in [0.29, 0.717) is 17.1 Å². The molecule has 0 aliphatic heterocycles. The summed E-state index contributed by atoms with van der Waals surface area (Å²) in [6.07, 6.45) is 0.965. The lowest BCUT2D eigenvalue weighted by molar-refractivity contribution is 0.0690. The van der Waals surface area contributed by atoms with Gasteiger partial charge in [0.25, 0.3) is 5.91 Å². The van der Waals surface area contributed by atoms with Crippen molar-refractivity contribution in [2.45, 2.75) is 26.4 Å². The molecule has 0 radical (unpaired) electrons. The molecule has 0 aromatic heterocycles. The first-order valence-electron chi connectivity index (χ1n) is 8.66. The van der Waals surface area contributed by atoms with Crippen molar-refractivity contribution in [1.82, 2.24) is 4.90 Å². The minimum atomic E-state index is -3.71. The highest BCUT2D eigenvalue weighted by Crippen LogP contribution is 2.30. The summed E-state index contributed by atoms with van der Waals surface area (Å²) < 4.78 is 38.3. The summed E-state index contributed by atoms with van der Waals surface area (Å²) in [4.78, 5) is 14.6. The van der Waals surface area contributed by atoms with Crippen LogP contribution in [0.4, 0.5) is 0 Å². The minimum absolute atomic E-state index is 0.0732. The molecule has 2 aromatic rings. The molecule has 0 spiro atoms. The quantitative estimate of drug-likeness (QED) is 0.626. The van der Waals surface area contributed by atoms with Crippen molar-refractivity contribution in [3.8, 4) is 17.2 Å². The van der Waals surface area contributed by atoms with Crippen molar-refractivity contribution in [3.05, 3.63) is 53.6 Å². The molecule has 2 rings (SSSR count). The zero-order valence-electron chi connectivity index (χ0n) is 16.6. The van der Waals surface area contributed by atoms with E-state index in [1.807, 2.05) is 13.8 Å². The lowest BCUT2D eigenvalue weighted by Crippen LogP contribution is -2.36. The van der Waals surface area contributed by atoms with Gasteiger partial charge in [-0.15, -0.1) is 0 Å². The topological polar surface area (TPSA) is 82.1 Å². The molecule has 1 amide bonds. The number of nitrogens with zero attached hydrogens (tertiary/aromatic N) is 1. The first-order valence-corrected chi connectivity index (χ1v) is 10.5. The lowest BCUT2D eigenvalue weighted by atomic mass is 10.1. The van der Waals surface area contributed by atoms with Gasteiger partial charge in [0.1, 0.15) is 5.75 Å². The first-order chi connectivity index (χ1) is 13.1. The number of hydrogen-bond acceptors (Lipinski definition) is 6. The molecular weight excluding hydrogens is 382 g/mol. The summed E-state index contributed by atoms with van der Waals surface area (Å²) in [5.41, 5.74) is 1.26. The van der Waals surface area contributed by atoms with Crippen molar-refractivity contribution in [1.29, 1.82) is 0 Å². The third kappa shape index (κ3) is 5.63. The lowest BCUT2D eigenvalue weighted by Gasteiger charge is -2.27. The van der Waals surface area contributed by atoms with Gasteiger partial charge in [0.2, 0.25) is 0 Å². The van der Waals surface area contributed by atoms with E-state index in [1.165, 1.54) is 7.11 Å². The molecule has 2 aromatic carbocycles. The van der Waals surface area contributed by atoms with E-state index in [2.05, 4.69) is 0 Å². The number of carbonyl (C=O) groups excluding carboxylic acids is 1. The van der Waals surface area contributed by atoms with Crippen LogP contribution in [0.1, 0.15) is 29.8 Å². The molecule has 0 fully saturated rings. The van der Waals surface area contributed by atoms with Gasteiger partial charge in [-0.3, -0.25) is 4.79 Å². The van der Waals surface area contributed by atoms with Gasteiger partial charge >= 0.3 is 10.1 Å². The van der Waals surface area contributed by atoms with E-state index in [4.69, 9.17) is 13.7 Å². The predicted molar refractivity (Wildman–Crippen MR) is 106 cm³/mol. The van der Waals surface area contributed by atoms with Gasteiger partial charge in [-0.2, -0.15) is 8.42 Å². The number of amides is 1. The number of methoxy groups -OCH3 is 2. The van der Waals surface area contributed by atoms with Crippen LogP contribution in [-0.2, 0) is 16.7 Å². The number of carbonyl (C=O) groups is 1. The fraction of sp³-hybridized carbons (Fsp3) is 0.350. The maximum Gasteiger partial charge on any atom is 0.306 e. The third-order valence-electron chi connectivity index (χ3n) is 4.04. The van der Waals surface area contributed by atoms with Crippen LogP contribution in [0.5, 0.6) is 17.2 Å². The zero-order chi connectivity index (χ0) is 20.9. The average molecular weight is 407 g/mol. The molecule has 0 saturated heterocycles. The molecular formula is C20H25NO6S. The van der Waals surface area contributed by atoms with Crippen LogP contribution in [0.25, 0.3) is 0 Å². The Morgan fingerprint density at radius 1 is 1.00 bits per heavy atom. The fourth-order valence-electron chi connectivity index (χ4n) is 2.63. The Labute approximate surface area is 166 Å². The van der Waals surface area contributed by atoms with E-state index in [1.54, 1.807) is 54.5 Å². The van der Waals surface area contributed by atoms with E-state index < -0.39 is 10.1 Å². The molecule has 152 valence electrons. The maximum atomic E-state index is 13.0. The van der Waals surface area contributed by atoms with Crippen molar-refractivity contribution >= 4 is 16.0 Å². The molecule has 8 heteroatoms. The van der Waals surface area contributed by atoms with Crippen LogP contribution >= 0.6 is 0 Å². The highest BCUT2D eigenvalue weighted by molar-refractivity contribution is 7.86. The van der Waals surface area contributed by atoms with E-state index >= 15 is 0 Å². The molecule has 0 atom stereocenters. The van der Waals surface area contributed by atoms with Gasteiger partial charge < -0.3 is 18.6 Å². The second kappa shape index (κ2) is 8.97. The van der Waals surface area contributed by atoms with Crippen molar-refractivity contribution in [2.75, 3.05) is 20.5 Å². The summed E-state index contributed by atoms with van der Waals surface area (Å²) >= 11 is 0. The fourth-order valence-corrected chi connectivity index (χ4v) is 3.09. The molecule has 0 bridgehead atoms. The smallest absolute Gasteiger partial charge is 0.306 e. The van der Waals surface area contributed by atoms with Crippen LogP contribution in [-0.4, -0.2) is 45.7 Å². The summed E-state index contributed by atoms with van der Waals surface area (Å²) in [7, 11) is -0.715. The molecule has 0 aliphatic rings. The van der Waals surface area contributed by atoms with Crippen LogP contribution in [0, 0.1) is 0 Å². The van der Waals surface area contributed by atoms with Crippen molar-refractivity contribution in [3.63, 3.8) is 0 Å². The maximum absolute atomic E-state index is 13.0. The SMILES string of the molecule is COc1ccc(C(=O)N(Cc2ccc(OC)c(OS(C)(=O)=O)c2)C(C)C)cc1. The van der Waals surface area contributed by atoms with Crippen LogP contribution in [0.15, 0.2) is 42.5 Å². The van der Waals surface area contributed by atoms with Gasteiger partial charge in [-0.05, 0) is 55.8 Å². The number of benzene rings is 2. The van der Waals surface area contributed by atoms with Gasteiger partial charge in [-0.1, -0.05) is 6.07 Å². The number of hydrogen-bond donors (Lipinski definition) is 0. The summed E-state index contributed by atoms with van der Waals surface area (Å²) in [6.45, 7) is 4.12. The summed E-state index contributed by atoms with van der Waals surface area (Å²) in [5.74, 6) is 0.916.